The van der Waals surface area contributed by atoms with Crippen molar-refractivity contribution in [1.82, 2.24) is 19.7 Å². The second kappa shape index (κ2) is 7.10. The summed E-state index contributed by atoms with van der Waals surface area (Å²) in [6.07, 6.45) is -4.75. The number of hydrogen-bond acceptors (Lipinski definition) is 6. The Hall–Kier alpha value is -2.47. The SMILES string of the molecule is Cn1c(-c2sc(N)nc2C(F)(F)F)nnc1C(C)(C)Oc1c(F)cc(Cl)cc1F. The molecule has 29 heavy (non-hydrogen) atoms. The number of nitrogen functional groups attached to an aromatic ring is 1. The molecule has 0 spiro atoms. The average molecular weight is 454 g/mol. The van der Waals surface area contributed by atoms with Crippen molar-refractivity contribution in [2.75, 3.05) is 5.73 Å². The van der Waals surface area contributed by atoms with Crippen LogP contribution in [0.1, 0.15) is 25.4 Å². The Morgan fingerprint density at radius 2 is 1.72 bits per heavy atom. The Labute approximate surface area is 170 Å². The lowest BCUT2D eigenvalue weighted by Crippen LogP contribution is -2.30. The molecular formula is C16H13ClF5N5OS. The van der Waals surface area contributed by atoms with Gasteiger partial charge in [-0.2, -0.15) is 13.2 Å². The third kappa shape index (κ3) is 3.99. The third-order valence-corrected chi connectivity index (χ3v) is 4.95. The van der Waals surface area contributed by atoms with E-state index in [1.54, 1.807) is 0 Å². The number of aromatic nitrogens is 4. The summed E-state index contributed by atoms with van der Waals surface area (Å²) in [5, 5.41) is 7.18. The molecule has 156 valence electrons. The molecule has 0 aliphatic heterocycles. The van der Waals surface area contributed by atoms with Crippen LogP contribution in [0.5, 0.6) is 5.75 Å². The summed E-state index contributed by atoms with van der Waals surface area (Å²) in [7, 11) is 1.39. The van der Waals surface area contributed by atoms with Crippen molar-refractivity contribution in [3.05, 3.63) is 40.3 Å². The van der Waals surface area contributed by atoms with Gasteiger partial charge in [0.05, 0.1) is 0 Å². The number of rotatable bonds is 4. The minimum absolute atomic E-state index is 0.0151. The minimum atomic E-state index is -4.75. The van der Waals surface area contributed by atoms with Gasteiger partial charge in [0, 0.05) is 12.1 Å². The standard InChI is InChI=1S/C16H13ClF5N5OS/c1-15(2,28-9-7(18)4-6(17)5-8(9)19)13-26-25-12(27(13)3)10-11(16(20,21)22)24-14(23)29-10/h4-5H,1-3H3,(H2,23,24). The molecule has 2 N–H and O–H groups in total. The van der Waals surface area contributed by atoms with Crippen LogP contribution in [0, 0.1) is 11.6 Å². The molecule has 2 heterocycles. The highest BCUT2D eigenvalue weighted by molar-refractivity contribution is 7.18. The first-order valence-corrected chi connectivity index (χ1v) is 9.08. The number of anilines is 1. The van der Waals surface area contributed by atoms with Crippen LogP contribution in [0.15, 0.2) is 12.1 Å². The van der Waals surface area contributed by atoms with Crippen LogP contribution >= 0.6 is 22.9 Å². The van der Waals surface area contributed by atoms with E-state index in [4.69, 9.17) is 22.1 Å². The lowest BCUT2D eigenvalue weighted by molar-refractivity contribution is -0.140. The van der Waals surface area contributed by atoms with E-state index in [0.717, 1.165) is 12.1 Å². The summed E-state index contributed by atoms with van der Waals surface area (Å²) in [5.74, 6) is -2.95. The highest BCUT2D eigenvalue weighted by Crippen LogP contribution is 2.41. The molecule has 0 saturated heterocycles. The van der Waals surface area contributed by atoms with Gasteiger partial charge in [-0.15, -0.1) is 10.2 Å². The fourth-order valence-corrected chi connectivity index (χ4v) is 3.72. The van der Waals surface area contributed by atoms with E-state index in [0.29, 0.717) is 11.3 Å². The molecule has 6 nitrogen and oxygen atoms in total. The van der Waals surface area contributed by atoms with E-state index in [2.05, 4.69) is 15.2 Å². The molecule has 3 rings (SSSR count). The van der Waals surface area contributed by atoms with Crippen LogP contribution in [0.25, 0.3) is 10.7 Å². The van der Waals surface area contributed by atoms with Gasteiger partial charge in [-0.1, -0.05) is 22.9 Å². The predicted octanol–water partition coefficient (Wildman–Crippen LogP) is 4.79. The second-order valence-electron chi connectivity index (χ2n) is 6.44. The van der Waals surface area contributed by atoms with Crippen LogP contribution in [-0.2, 0) is 18.8 Å². The largest absolute Gasteiger partial charge is 0.474 e. The van der Waals surface area contributed by atoms with Crippen molar-refractivity contribution in [2.24, 2.45) is 7.05 Å². The Morgan fingerprint density at radius 1 is 1.14 bits per heavy atom. The topological polar surface area (TPSA) is 78.9 Å². The zero-order chi connectivity index (χ0) is 21.7. The molecule has 2 aromatic heterocycles. The lowest BCUT2D eigenvalue weighted by atomic mass is 10.1. The third-order valence-electron chi connectivity index (χ3n) is 3.85. The first-order chi connectivity index (χ1) is 13.3. The molecule has 0 radical (unpaired) electrons. The van der Waals surface area contributed by atoms with E-state index in [1.165, 1.54) is 25.5 Å². The fraction of sp³-hybridized carbons (Fsp3) is 0.312. The van der Waals surface area contributed by atoms with E-state index in [1.807, 2.05) is 0 Å². The van der Waals surface area contributed by atoms with Gasteiger partial charge in [0.25, 0.3) is 0 Å². The van der Waals surface area contributed by atoms with Gasteiger partial charge in [-0.25, -0.2) is 13.8 Å². The number of hydrogen-bond donors (Lipinski definition) is 1. The van der Waals surface area contributed by atoms with Crippen molar-refractivity contribution in [1.29, 1.82) is 0 Å². The van der Waals surface area contributed by atoms with Crippen LogP contribution in [0.2, 0.25) is 5.02 Å². The van der Waals surface area contributed by atoms with Gasteiger partial charge < -0.3 is 15.0 Å². The average Bonchev–Trinajstić information content (AvgIpc) is 3.13. The van der Waals surface area contributed by atoms with Crippen molar-refractivity contribution >= 4 is 28.1 Å². The quantitative estimate of drug-likeness (QED) is 0.575. The monoisotopic (exact) mass is 453 g/mol. The maximum absolute atomic E-state index is 14.1. The van der Waals surface area contributed by atoms with Crippen LogP contribution < -0.4 is 10.5 Å². The van der Waals surface area contributed by atoms with Crippen molar-refractivity contribution < 1.29 is 26.7 Å². The number of thiazole rings is 1. The first-order valence-electron chi connectivity index (χ1n) is 7.88. The van der Waals surface area contributed by atoms with Crippen molar-refractivity contribution in [2.45, 2.75) is 25.6 Å². The van der Waals surface area contributed by atoms with Gasteiger partial charge in [-0.05, 0) is 26.0 Å². The molecule has 0 atom stereocenters. The van der Waals surface area contributed by atoms with Crippen molar-refractivity contribution in [3.8, 4) is 16.5 Å². The number of halogens is 6. The molecule has 0 unspecified atom stereocenters. The van der Waals surface area contributed by atoms with Gasteiger partial charge in [-0.3, -0.25) is 0 Å². The normalized spacial score (nSPS) is 12.4. The molecule has 13 heteroatoms. The predicted molar refractivity (Wildman–Crippen MR) is 96.5 cm³/mol. The smallest absolute Gasteiger partial charge is 0.435 e. The summed E-state index contributed by atoms with van der Waals surface area (Å²) in [5.41, 5.74) is 2.77. The lowest BCUT2D eigenvalue weighted by Gasteiger charge is -2.26. The molecule has 0 fully saturated rings. The number of alkyl halides is 3. The number of benzene rings is 1. The molecule has 0 aliphatic carbocycles. The summed E-state index contributed by atoms with van der Waals surface area (Å²) in [4.78, 5) is 2.98. The Morgan fingerprint density at radius 3 is 2.28 bits per heavy atom. The van der Waals surface area contributed by atoms with Crippen LogP contribution in [0.4, 0.5) is 27.1 Å². The Kier molecular flexibility index (Phi) is 5.20. The summed E-state index contributed by atoms with van der Waals surface area (Å²) < 4.78 is 74.5. The summed E-state index contributed by atoms with van der Waals surface area (Å²) >= 11 is 6.18. The number of nitrogens with zero attached hydrogens (tertiary/aromatic N) is 4. The molecule has 1 aromatic carbocycles. The Bertz CT molecular complexity index is 1060. The summed E-state index contributed by atoms with van der Waals surface area (Å²) in [6, 6.07) is 1.74. The fourth-order valence-electron chi connectivity index (χ4n) is 2.66. The first kappa shape index (κ1) is 21.2. The van der Waals surface area contributed by atoms with Crippen LogP contribution in [0.3, 0.4) is 0 Å². The molecule has 0 amide bonds. The molecule has 0 bridgehead atoms. The molecule has 3 aromatic rings. The highest BCUT2D eigenvalue weighted by Gasteiger charge is 2.40. The minimum Gasteiger partial charge on any atom is -0.474 e. The molecule has 0 saturated carbocycles. The maximum Gasteiger partial charge on any atom is 0.435 e. The maximum atomic E-state index is 14.1. The zero-order valence-corrected chi connectivity index (χ0v) is 16.7. The van der Waals surface area contributed by atoms with Gasteiger partial charge in [0.1, 0.15) is 4.88 Å². The van der Waals surface area contributed by atoms with E-state index in [9.17, 15) is 22.0 Å². The zero-order valence-electron chi connectivity index (χ0n) is 15.1. The van der Waals surface area contributed by atoms with Gasteiger partial charge in [0.2, 0.25) is 0 Å². The van der Waals surface area contributed by atoms with Gasteiger partial charge >= 0.3 is 6.18 Å². The summed E-state index contributed by atoms with van der Waals surface area (Å²) in [6.45, 7) is 2.86. The Balaban J connectivity index is 2.04. The highest BCUT2D eigenvalue weighted by atomic mass is 35.5. The van der Waals surface area contributed by atoms with Crippen LogP contribution in [-0.4, -0.2) is 19.7 Å². The second-order valence-corrected chi connectivity index (χ2v) is 7.91. The number of ether oxygens (including phenoxy) is 1. The number of nitrogens with two attached hydrogens (primary N) is 1. The van der Waals surface area contributed by atoms with Crippen molar-refractivity contribution in [3.63, 3.8) is 0 Å². The molecule has 0 aliphatic rings. The van der Waals surface area contributed by atoms with E-state index < -0.39 is 34.9 Å². The van der Waals surface area contributed by atoms with Gasteiger partial charge in [0.15, 0.2) is 45.5 Å². The van der Waals surface area contributed by atoms with E-state index in [-0.39, 0.29) is 26.7 Å². The van der Waals surface area contributed by atoms with E-state index >= 15 is 0 Å². The molecular weight excluding hydrogens is 441 g/mol.